The summed E-state index contributed by atoms with van der Waals surface area (Å²) in [4.78, 5) is 57.8. The highest BCUT2D eigenvalue weighted by Gasteiger charge is 2.39. The zero-order valence-corrected chi connectivity index (χ0v) is 24.4. The van der Waals surface area contributed by atoms with Crippen LogP contribution in [0.1, 0.15) is 57.8 Å². The maximum absolute atomic E-state index is 13.4. The molecule has 1 unspecified atom stereocenters. The standard InChI is InChI=1S/C30H40N6O6/c1-17(2)25-27(40)32-19(4)28(41)36-13-5-6-23(35-36)26(39)31-18(3)22-10-9-21-8-7-20(14-24(21)33-22)11-12-30(15-37,16-38)29(42)34-25/h7-12,14,17-19,23,25,35,37-38H,5-6,13,15-16H2,1-4H3,(H,31,39)(H,32,40)(H,34,42)/b12-11+/t18-,19+,23+,25?/m1/s1. The summed E-state index contributed by atoms with van der Waals surface area (Å²) in [6, 6.07) is 6.16. The molecule has 4 rings (SSSR count). The molecule has 3 heterocycles. The van der Waals surface area contributed by atoms with Crippen molar-refractivity contribution < 1.29 is 29.4 Å². The number of carbonyl (C=O) groups excluding carboxylic acids is 4. The first-order valence-corrected chi connectivity index (χ1v) is 14.3. The second-order valence-corrected chi connectivity index (χ2v) is 11.5. The number of rotatable bonds is 3. The lowest BCUT2D eigenvalue weighted by Crippen LogP contribution is -2.62. The van der Waals surface area contributed by atoms with E-state index >= 15 is 0 Å². The summed E-state index contributed by atoms with van der Waals surface area (Å²) in [7, 11) is 0. The molecule has 4 amide bonds. The molecule has 2 aliphatic heterocycles. The number of benzene rings is 1. The third kappa shape index (κ3) is 6.61. The second-order valence-electron chi connectivity index (χ2n) is 11.5. The van der Waals surface area contributed by atoms with Gasteiger partial charge in [-0.1, -0.05) is 44.2 Å². The average Bonchev–Trinajstić information content (AvgIpc) is 2.99. The monoisotopic (exact) mass is 580 g/mol. The SMILES string of the molecule is CC(C)C1NC(=O)C(CO)(CO)/C=C/c2ccc3ccc(nc3c2)[C@@H](C)NC(=O)[C@@H]2CCCN(N2)C(=O)[C@H](C)NC1=O. The van der Waals surface area contributed by atoms with Gasteiger partial charge in [0.25, 0.3) is 5.91 Å². The first-order valence-electron chi connectivity index (χ1n) is 14.3. The van der Waals surface area contributed by atoms with E-state index in [9.17, 15) is 29.4 Å². The molecule has 2 aliphatic rings. The molecule has 4 atom stereocenters. The highest BCUT2D eigenvalue weighted by atomic mass is 16.3. The van der Waals surface area contributed by atoms with Gasteiger partial charge in [0.2, 0.25) is 17.7 Å². The molecule has 0 aliphatic carbocycles. The summed E-state index contributed by atoms with van der Waals surface area (Å²) in [5.41, 5.74) is 3.24. The molecule has 1 fully saturated rings. The van der Waals surface area contributed by atoms with Crippen molar-refractivity contribution in [3.63, 3.8) is 0 Å². The maximum Gasteiger partial charge on any atom is 0.258 e. The predicted octanol–water partition coefficient (Wildman–Crippen LogP) is 0.551. The molecule has 0 spiro atoms. The van der Waals surface area contributed by atoms with Crippen LogP contribution in [0.3, 0.4) is 0 Å². The minimum Gasteiger partial charge on any atom is -0.395 e. The van der Waals surface area contributed by atoms with E-state index in [1.807, 2.05) is 37.3 Å². The van der Waals surface area contributed by atoms with E-state index in [-0.39, 0.29) is 11.8 Å². The molecule has 1 aromatic carbocycles. The number of hydrazine groups is 1. The van der Waals surface area contributed by atoms with E-state index in [1.165, 1.54) is 18.0 Å². The van der Waals surface area contributed by atoms with Crippen molar-refractivity contribution in [2.75, 3.05) is 19.8 Å². The van der Waals surface area contributed by atoms with Crippen molar-refractivity contribution in [2.24, 2.45) is 11.3 Å². The third-order valence-electron chi connectivity index (χ3n) is 7.89. The Morgan fingerprint density at radius 3 is 2.36 bits per heavy atom. The average molecular weight is 581 g/mol. The number of hydrogen-bond acceptors (Lipinski definition) is 8. The van der Waals surface area contributed by atoms with Crippen molar-refractivity contribution in [2.45, 2.75) is 64.7 Å². The topological polar surface area (TPSA) is 173 Å². The van der Waals surface area contributed by atoms with Gasteiger partial charge in [0.15, 0.2) is 0 Å². The van der Waals surface area contributed by atoms with Crippen LogP contribution in [0, 0.1) is 11.3 Å². The number of fused-ring (bicyclic) bond motifs is 4. The highest BCUT2D eigenvalue weighted by molar-refractivity contribution is 5.94. The maximum atomic E-state index is 13.4. The van der Waals surface area contributed by atoms with Crippen LogP contribution in [0.4, 0.5) is 0 Å². The smallest absolute Gasteiger partial charge is 0.258 e. The van der Waals surface area contributed by atoms with Crippen LogP contribution in [-0.4, -0.2) is 81.7 Å². The number of nitrogens with zero attached hydrogens (tertiary/aromatic N) is 2. The fourth-order valence-electron chi connectivity index (χ4n) is 5.07. The Morgan fingerprint density at radius 2 is 1.67 bits per heavy atom. The number of aliphatic hydroxyl groups is 2. The molecule has 1 saturated heterocycles. The summed E-state index contributed by atoms with van der Waals surface area (Å²) in [5, 5.41) is 31.0. The fraction of sp³-hybridized carbons (Fsp3) is 0.500. The Balaban J connectivity index is 1.75. The van der Waals surface area contributed by atoms with Gasteiger partial charge in [-0.25, -0.2) is 5.43 Å². The molecule has 0 radical (unpaired) electrons. The molecule has 0 saturated carbocycles. The summed E-state index contributed by atoms with van der Waals surface area (Å²) >= 11 is 0. The zero-order chi connectivity index (χ0) is 30.6. The molecule has 2 aromatic rings. The van der Waals surface area contributed by atoms with Crippen molar-refractivity contribution in [1.82, 2.24) is 31.4 Å². The van der Waals surface area contributed by atoms with E-state index in [2.05, 4.69) is 21.4 Å². The van der Waals surface area contributed by atoms with Gasteiger partial charge in [0.1, 0.15) is 23.5 Å². The summed E-state index contributed by atoms with van der Waals surface area (Å²) in [6.07, 6.45) is 4.15. The normalized spacial score (nSPS) is 26.5. The van der Waals surface area contributed by atoms with Crippen LogP contribution in [0.25, 0.3) is 17.0 Å². The number of pyridine rings is 1. The second kappa shape index (κ2) is 13.0. The Hall–Kier alpha value is -3.87. The first-order chi connectivity index (χ1) is 20.0. The van der Waals surface area contributed by atoms with Crippen LogP contribution in [0.15, 0.2) is 36.4 Å². The molecule has 5 bridgehead atoms. The molecule has 42 heavy (non-hydrogen) atoms. The van der Waals surface area contributed by atoms with E-state index in [4.69, 9.17) is 4.98 Å². The van der Waals surface area contributed by atoms with Crippen LogP contribution in [0.5, 0.6) is 0 Å². The Kier molecular flexibility index (Phi) is 9.60. The lowest BCUT2D eigenvalue weighted by Gasteiger charge is -2.35. The largest absolute Gasteiger partial charge is 0.395 e. The van der Waals surface area contributed by atoms with Gasteiger partial charge in [-0.2, -0.15) is 0 Å². The minimum atomic E-state index is -1.72. The zero-order valence-electron chi connectivity index (χ0n) is 24.4. The van der Waals surface area contributed by atoms with Gasteiger partial charge in [-0.15, -0.1) is 0 Å². The Labute approximate surface area is 244 Å². The van der Waals surface area contributed by atoms with E-state index in [0.29, 0.717) is 36.2 Å². The first kappa shape index (κ1) is 31.1. The van der Waals surface area contributed by atoms with Gasteiger partial charge in [0, 0.05) is 11.9 Å². The highest BCUT2D eigenvalue weighted by Crippen LogP contribution is 2.24. The van der Waals surface area contributed by atoms with E-state index in [1.54, 1.807) is 19.9 Å². The fourth-order valence-corrected chi connectivity index (χ4v) is 5.07. The molecule has 12 heteroatoms. The van der Waals surface area contributed by atoms with Crippen LogP contribution in [-0.2, 0) is 19.2 Å². The Bertz CT molecular complexity index is 1370. The van der Waals surface area contributed by atoms with Crippen molar-refractivity contribution in [3.8, 4) is 0 Å². The number of nitrogens with one attached hydrogen (secondary N) is 4. The van der Waals surface area contributed by atoms with Gasteiger partial charge in [0.05, 0.1) is 30.5 Å². The summed E-state index contributed by atoms with van der Waals surface area (Å²) in [5.74, 6) is -2.39. The number of aromatic nitrogens is 1. The van der Waals surface area contributed by atoms with Gasteiger partial charge in [-0.05, 0) is 50.3 Å². The summed E-state index contributed by atoms with van der Waals surface area (Å²) < 4.78 is 0. The van der Waals surface area contributed by atoms with E-state index < -0.39 is 60.5 Å². The van der Waals surface area contributed by atoms with Gasteiger partial charge < -0.3 is 26.2 Å². The number of aliphatic hydroxyl groups excluding tert-OH is 2. The minimum absolute atomic E-state index is 0.270. The lowest BCUT2D eigenvalue weighted by atomic mass is 9.86. The number of carbonyl (C=O) groups is 4. The number of amides is 4. The van der Waals surface area contributed by atoms with Crippen molar-refractivity contribution in [3.05, 3.63) is 47.7 Å². The molecular weight excluding hydrogens is 540 g/mol. The van der Waals surface area contributed by atoms with Crippen molar-refractivity contribution in [1.29, 1.82) is 0 Å². The molecular formula is C30H40N6O6. The van der Waals surface area contributed by atoms with Crippen molar-refractivity contribution >= 4 is 40.6 Å². The Morgan fingerprint density at radius 1 is 0.976 bits per heavy atom. The predicted molar refractivity (Wildman–Crippen MR) is 156 cm³/mol. The van der Waals surface area contributed by atoms with E-state index in [0.717, 1.165) is 5.39 Å². The summed E-state index contributed by atoms with van der Waals surface area (Å²) in [6.45, 7) is 5.78. The van der Waals surface area contributed by atoms with Crippen LogP contribution >= 0.6 is 0 Å². The molecule has 1 aromatic heterocycles. The third-order valence-corrected chi connectivity index (χ3v) is 7.89. The molecule has 226 valence electrons. The molecule has 12 nitrogen and oxygen atoms in total. The van der Waals surface area contributed by atoms with Gasteiger partial charge >= 0.3 is 0 Å². The van der Waals surface area contributed by atoms with Crippen LogP contribution in [0.2, 0.25) is 0 Å². The number of hydrogen-bond donors (Lipinski definition) is 6. The quantitative estimate of drug-likeness (QED) is 0.305. The van der Waals surface area contributed by atoms with Crippen LogP contribution < -0.4 is 21.4 Å². The molecule has 6 N–H and O–H groups in total. The van der Waals surface area contributed by atoms with Gasteiger partial charge in [-0.3, -0.25) is 29.2 Å². The lowest BCUT2D eigenvalue weighted by molar-refractivity contribution is -0.143.